The average molecular weight is 355 g/mol. The minimum Gasteiger partial charge on any atom is -0.392 e. The number of amides is 1. The van der Waals surface area contributed by atoms with Gasteiger partial charge in [0.15, 0.2) is 0 Å². The number of nitrogens with zero attached hydrogens (tertiary/aromatic N) is 1. The van der Waals surface area contributed by atoms with Crippen LogP contribution >= 0.6 is 28.1 Å². The molecule has 0 radical (unpaired) electrons. The molecule has 20 heavy (non-hydrogen) atoms. The molecule has 1 aromatic rings. The van der Waals surface area contributed by atoms with E-state index in [9.17, 15) is 4.79 Å². The van der Waals surface area contributed by atoms with Crippen molar-refractivity contribution in [3.63, 3.8) is 0 Å². The van der Waals surface area contributed by atoms with Crippen molar-refractivity contribution in [2.45, 2.75) is 38.6 Å². The number of thiocarbonyl (C=S) groups is 1. The molecule has 108 valence electrons. The van der Waals surface area contributed by atoms with Gasteiger partial charge in [-0.05, 0) is 37.5 Å². The van der Waals surface area contributed by atoms with Crippen molar-refractivity contribution >= 4 is 39.0 Å². The van der Waals surface area contributed by atoms with Crippen LogP contribution in [0, 0.1) is 6.92 Å². The predicted molar refractivity (Wildman–Crippen MR) is 89.0 cm³/mol. The van der Waals surface area contributed by atoms with E-state index in [4.69, 9.17) is 18.0 Å². The van der Waals surface area contributed by atoms with Crippen molar-refractivity contribution in [1.29, 1.82) is 0 Å². The molecule has 1 aliphatic carbocycles. The molecule has 0 heterocycles. The van der Waals surface area contributed by atoms with Crippen molar-refractivity contribution < 1.29 is 4.79 Å². The molecule has 1 saturated carbocycles. The van der Waals surface area contributed by atoms with Gasteiger partial charge in [-0.2, -0.15) is 0 Å². The van der Waals surface area contributed by atoms with E-state index in [1.807, 2.05) is 30.0 Å². The lowest BCUT2D eigenvalue weighted by Gasteiger charge is -2.29. The molecule has 1 fully saturated rings. The van der Waals surface area contributed by atoms with Crippen LogP contribution in [0.25, 0.3) is 0 Å². The Hall–Kier alpha value is -0.940. The SMILES string of the molecule is Cc1c(Br)cccc1C(=O)N(CC(N)=S)C1CCCC1. The summed E-state index contributed by atoms with van der Waals surface area (Å²) in [6.07, 6.45) is 4.43. The lowest BCUT2D eigenvalue weighted by atomic mass is 10.1. The molecule has 1 amide bonds. The second kappa shape index (κ2) is 6.68. The van der Waals surface area contributed by atoms with Gasteiger partial charge in [0, 0.05) is 16.1 Å². The zero-order valence-corrected chi connectivity index (χ0v) is 14.0. The fraction of sp³-hybridized carbons (Fsp3) is 0.467. The fourth-order valence-electron chi connectivity index (χ4n) is 2.74. The Labute approximate surface area is 133 Å². The Bertz CT molecular complexity index is 527. The van der Waals surface area contributed by atoms with Crippen molar-refractivity contribution in [1.82, 2.24) is 4.90 Å². The molecule has 5 heteroatoms. The fourth-order valence-corrected chi connectivity index (χ4v) is 3.25. The van der Waals surface area contributed by atoms with Gasteiger partial charge in [0.1, 0.15) is 0 Å². The standard InChI is InChI=1S/C15H19BrN2OS/c1-10-12(7-4-8-13(10)16)15(19)18(9-14(17)20)11-5-2-3-6-11/h4,7-8,11H,2-3,5-6,9H2,1H3,(H2,17,20). The average Bonchev–Trinajstić information content (AvgIpc) is 2.92. The van der Waals surface area contributed by atoms with E-state index in [1.54, 1.807) is 0 Å². The third-order valence-electron chi connectivity index (χ3n) is 3.85. The van der Waals surface area contributed by atoms with Gasteiger partial charge in [0.2, 0.25) is 0 Å². The van der Waals surface area contributed by atoms with Crippen LogP contribution in [0.5, 0.6) is 0 Å². The van der Waals surface area contributed by atoms with Crippen LogP contribution in [0.2, 0.25) is 0 Å². The molecule has 1 aromatic carbocycles. The predicted octanol–water partition coefficient (Wildman–Crippen LogP) is 3.43. The van der Waals surface area contributed by atoms with Crippen LogP contribution < -0.4 is 5.73 Å². The highest BCUT2D eigenvalue weighted by atomic mass is 79.9. The minimum absolute atomic E-state index is 0.0310. The number of benzene rings is 1. The van der Waals surface area contributed by atoms with Gasteiger partial charge in [0.25, 0.3) is 5.91 Å². The molecule has 0 aliphatic heterocycles. The number of carbonyl (C=O) groups excluding carboxylic acids is 1. The van der Waals surface area contributed by atoms with Crippen LogP contribution in [0.15, 0.2) is 22.7 Å². The molecule has 3 nitrogen and oxygen atoms in total. The Kier molecular flexibility index (Phi) is 5.16. The monoisotopic (exact) mass is 354 g/mol. The van der Waals surface area contributed by atoms with Gasteiger partial charge in [-0.3, -0.25) is 4.79 Å². The highest BCUT2D eigenvalue weighted by Crippen LogP contribution is 2.27. The number of rotatable bonds is 4. The zero-order chi connectivity index (χ0) is 14.7. The molecule has 0 saturated heterocycles. The molecule has 0 spiro atoms. The van der Waals surface area contributed by atoms with E-state index < -0.39 is 0 Å². The van der Waals surface area contributed by atoms with Gasteiger partial charge >= 0.3 is 0 Å². The molecule has 2 N–H and O–H groups in total. The van der Waals surface area contributed by atoms with Crippen LogP contribution in [-0.2, 0) is 0 Å². The number of hydrogen-bond acceptors (Lipinski definition) is 2. The Morgan fingerprint density at radius 2 is 2.10 bits per heavy atom. The highest BCUT2D eigenvalue weighted by Gasteiger charge is 2.28. The summed E-state index contributed by atoms with van der Waals surface area (Å²) in [4.78, 5) is 15.1. The molecule has 0 aromatic heterocycles. The first-order chi connectivity index (χ1) is 9.50. The smallest absolute Gasteiger partial charge is 0.254 e. The van der Waals surface area contributed by atoms with Crippen LogP contribution in [-0.4, -0.2) is 28.4 Å². The summed E-state index contributed by atoms with van der Waals surface area (Å²) in [5.41, 5.74) is 7.36. The normalized spacial score (nSPS) is 15.3. The molecular formula is C15H19BrN2OS. The number of hydrogen-bond donors (Lipinski definition) is 1. The summed E-state index contributed by atoms with van der Waals surface area (Å²) in [7, 11) is 0. The summed E-state index contributed by atoms with van der Waals surface area (Å²) in [6, 6.07) is 5.96. The Morgan fingerprint density at radius 3 is 2.70 bits per heavy atom. The van der Waals surface area contributed by atoms with E-state index in [2.05, 4.69) is 15.9 Å². The molecule has 0 unspecified atom stereocenters. The quantitative estimate of drug-likeness (QED) is 0.842. The van der Waals surface area contributed by atoms with Crippen molar-refractivity contribution in [3.8, 4) is 0 Å². The second-order valence-corrected chi connectivity index (χ2v) is 6.63. The first-order valence-corrected chi connectivity index (χ1v) is 8.05. The van der Waals surface area contributed by atoms with Gasteiger partial charge < -0.3 is 10.6 Å². The topological polar surface area (TPSA) is 46.3 Å². The largest absolute Gasteiger partial charge is 0.392 e. The third kappa shape index (κ3) is 3.38. The summed E-state index contributed by atoms with van der Waals surface area (Å²) in [5.74, 6) is 0.0310. The summed E-state index contributed by atoms with van der Waals surface area (Å²) < 4.78 is 0.949. The number of nitrogens with two attached hydrogens (primary N) is 1. The Balaban J connectivity index is 2.29. The van der Waals surface area contributed by atoms with E-state index in [1.165, 1.54) is 12.8 Å². The van der Waals surface area contributed by atoms with Crippen molar-refractivity contribution in [2.75, 3.05) is 6.54 Å². The van der Waals surface area contributed by atoms with Crippen molar-refractivity contribution in [3.05, 3.63) is 33.8 Å². The Morgan fingerprint density at radius 1 is 1.45 bits per heavy atom. The lowest BCUT2D eigenvalue weighted by molar-refractivity contribution is 0.0714. The highest BCUT2D eigenvalue weighted by molar-refractivity contribution is 9.10. The van der Waals surface area contributed by atoms with Gasteiger partial charge in [-0.25, -0.2) is 0 Å². The van der Waals surface area contributed by atoms with Crippen LogP contribution in [0.4, 0.5) is 0 Å². The molecule has 0 atom stereocenters. The summed E-state index contributed by atoms with van der Waals surface area (Å²) in [6.45, 7) is 2.32. The first kappa shape index (κ1) is 15.4. The lowest BCUT2D eigenvalue weighted by Crippen LogP contribution is -2.43. The summed E-state index contributed by atoms with van der Waals surface area (Å²) >= 11 is 8.49. The number of carbonyl (C=O) groups is 1. The van der Waals surface area contributed by atoms with Gasteiger partial charge in [0.05, 0.1) is 11.5 Å². The summed E-state index contributed by atoms with van der Waals surface area (Å²) in [5, 5.41) is 0. The molecular weight excluding hydrogens is 336 g/mol. The van der Waals surface area contributed by atoms with E-state index in [-0.39, 0.29) is 11.9 Å². The second-order valence-electron chi connectivity index (χ2n) is 5.25. The van der Waals surface area contributed by atoms with Gasteiger partial charge in [-0.1, -0.05) is 47.1 Å². The molecule has 1 aliphatic rings. The zero-order valence-electron chi connectivity index (χ0n) is 11.6. The van der Waals surface area contributed by atoms with Crippen LogP contribution in [0.3, 0.4) is 0 Å². The maximum atomic E-state index is 12.8. The van der Waals surface area contributed by atoms with E-state index in [0.29, 0.717) is 11.5 Å². The molecule has 0 bridgehead atoms. The van der Waals surface area contributed by atoms with E-state index in [0.717, 1.165) is 28.4 Å². The number of halogens is 1. The third-order valence-corrected chi connectivity index (χ3v) is 4.84. The van der Waals surface area contributed by atoms with Crippen LogP contribution in [0.1, 0.15) is 41.6 Å². The van der Waals surface area contributed by atoms with Gasteiger partial charge in [-0.15, -0.1) is 0 Å². The molecule has 2 rings (SSSR count). The van der Waals surface area contributed by atoms with E-state index >= 15 is 0 Å². The van der Waals surface area contributed by atoms with Crippen molar-refractivity contribution in [2.24, 2.45) is 5.73 Å². The maximum Gasteiger partial charge on any atom is 0.254 e. The minimum atomic E-state index is 0.0310. The maximum absolute atomic E-state index is 12.8. The first-order valence-electron chi connectivity index (χ1n) is 6.85.